The fraction of sp³-hybridized carbons (Fsp3) is 0.381. The third kappa shape index (κ3) is 3.31. The van der Waals surface area contributed by atoms with Gasteiger partial charge < -0.3 is 21.1 Å². The van der Waals surface area contributed by atoms with Crippen molar-refractivity contribution in [3.05, 3.63) is 57.3 Å². The summed E-state index contributed by atoms with van der Waals surface area (Å²) in [6.45, 7) is 8.54. The SMILES string of the molecule is C=C1c2nc(C)c(CN)c(-c3ccc(Cl)cc3Cl)c2CN1CC1(N)CCCO1. The summed E-state index contributed by atoms with van der Waals surface area (Å²) < 4.78 is 5.78. The normalized spacial score (nSPS) is 21.5. The topological polar surface area (TPSA) is 77.4 Å². The zero-order chi connectivity index (χ0) is 20.1. The van der Waals surface area contributed by atoms with E-state index in [1.807, 2.05) is 19.1 Å². The molecule has 3 heterocycles. The van der Waals surface area contributed by atoms with Crippen LogP contribution in [0.15, 0.2) is 24.8 Å². The summed E-state index contributed by atoms with van der Waals surface area (Å²) in [6, 6.07) is 5.53. The molecular formula is C21H24Cl2N4O. The number of ether oxygens (including phenoxy) is 1. The first-order valence-corrected chi connectivity index (χ1v) is 10.1. The molecule has 7 heteroatoms. The fourth-order valence-electron chi connectivity index (χ4n) is 4.20. The summed E-state index contributed by atoms with van der Waals surface area (Å²) in [5.74, 6) is 0. The molecule has 2 aliphatic rings. The molecular weight excluding hydrogens is 395 g/mol. The van der Waals surface area contributed by atoms with Crippen LogP contribution < -0.4 is 11.5 Å². The Morgan fingerprint density at radius 1 is 1.36 bits per heavy atom. The first-order chi connectivity index (χ1) is 13.3. The Labute approximate surface area is 175 Å². The zero-order valence-corrected chi connectivity index (χ0v) is 17.4. The molecule has 1 atom stereocenters. The van der Waals surface area contributed by atoms with Crippen LogP contribution in [0.2, 0.25) is 10.0 Å². The number of nitrogens with zero attached hydrogens (tertiary/aromatic N) is 2. The maximum Gasteiger partial charge on any atom is 0.134 e. The maximum atomic E-state index is 6.56. The predicted octanol–water partition coefficient (Wildman–Crippen LogP) is 4.07. The van der Waals surface area contributed by atoms with Gasteiger partial charge in [0, 0.05) is 46.6 Å². The second-order valence-electron chi connectivity index (χ2n) is 7.53. The van der Waals surface area contributed by atoms with Crippen LogP contribution in [-0.2, 0) is 17.8 Å². The first-order valence-electron chi connectivity index (χ1n) is 9.38. The van der Waals surface area contributed by atoms with Crippen LogP contribution in [0.5, 0.6) is 0 Å². The van der Waals surface area contributed by atoms with Gasteiger partial charge in [-0.15, -0.1) is 0 Å². The van der Waals surface area contributed by atoms with Gasteiger partial charge in [0.05, 0.1) is 17.9 Å². The minimum absolute atomic E-state index is 0.372. The molecule has 5 nitrogen and oxygen atoms in total. The third-order valence-electron chi connectivity index (χ3n) is 5.61. The number of aryl methyl sites for hydroxylation is 1. The monoisotopic (exact) mass is 418 g/mol. The molecule has 2 aromatic rings. The Bertz CT molecular complexity index is 954. The number of aromatic nitrogens is 1. The highest BCUT2D eigenvalue weighted by atomic mass is 35.5. The summed E-state index contributed by atoms with van der Waals surface area (Å²) in [5, 5.41) is 1.19. The van der Waals surface area contributed by atoms with Crippen LogP contribution in [0.3, 0.4) is 0 Å². The minimum Gasteiger partial charge on any atom is -0.362 e. The molecule has 0 bridgehead atoms. The van der Waals surface area contributed by atoms with Crippen molar-refractivity contribution in [2.45, 2.75) is 38.6 Å². The minimum atomic E-state index is -0.644. The molecule has 1 unspecified atom stereocenters. The van der Waals surface area contributed by atoms with Gasteiger partial charge in [-0.3, -0.25) is 4.98 Å². The molecule has 2 aliphatic heterocycles. The second-order valence-corrected chi connectivity index (χ2v) is 8.37. The number of fused-ring (bicyclic) bond motifs is 1. The smallest absolute Gasteiger partial charge is 0.134 e. The van der Waals surface area contributed by atoms with Crippen LogP contribution in [0.1, 0.15) is 35.4 Å². The van der Waals surface area contributed by atoms with Crippen molar-refractivity contribution in [3.63, 3.8) is 0 Å². The number of nitrogens with two attached hydrogens (primary N) is 2. The quantitative estimate of drug-likeness (QED) is 0.781. The van der Waals surface area contributed by atoms with E-state index in [1.165, 1.54) is 0 Å². The van der Waals surface area contributed by atoms with E-state index in [2.05, 4.69) is 11.5 Å². The van der Waals surface area contributed by atoms with E-state index in [0.717, 1.165) is 52.2 Å². The van der Waals surface area contributed by atoms with Gasteiger partial charge in [-0.1, -0.05) is 35.8 Å². The molecule has 0 saturated carbocycles. The Balaban J connectivity index is 1.82. The highest BCUT2D eigenvalue weighted by molar-refractivity contribution is 6.36. The first kappa shape index (κ1) is 19.7. The van der Waals surface area contributed by atoms with E-state index in [4.69, 9.17) is 44.4 Å². The Hall–Kier alpha value is -1.63. The highest BCUT2D eigenvalue weighted by Gasteiger charge is 2.37. The summed E-state index contributed by atoms with van der Waals surface area (Å²) in [7, 11) is 0. The van der Waals surface area contributed by atoms with Crippen LogP contribution in [0, 0.1) is 6.92 Å². The molecule has 1 fully saturated rings. The number of hydrogen-bond acceptors (Lipinski definition) is 5. The van der Waals surface area contributed by atoms with Gasteiger partial charge in [-0.2, -0.15) is 0 Å². The predicted molar refractivity (Wildman–Crippen MR) is 114 cm³/mol. The molecule has 1 saturated heterocycles. The molecule has 1 aromatic heterocycles. The van der Waals surface area contributed by atoms with Gasteiger partial charge in [0.1, 0.15) is 5.72 Å². The van der Waals surface area contributed by atoms with E-state index >= 15 is 0 Å². The molecule has 28 heavy (non-hydrogen) atoms. The number of rotatable bonds is 4. The molecule has 0 radical (unpaired) electrons. The lowest BCUT2D eigenvalue weighted by Crippen LogP contribution is -2.48. The van der Waals surface area contributed by atoms with E-state index in [9.17, 15) is 0 Å². The number of halogens is 2. The lowest BCUT2D eigenvalue weighted by atomic mass is 9.93. The lowest BCUT2D eigenvalue weighted by Gasteiger charge is -2.30. The number of pyridine rings is 1. The average Bonchev–Trinajstić information content (AvgIpc) is 3.19. The molecule has 4 N–H and O–H groups in total. The van der Waals surface area contributed by atoms with E-state index < -0.39 is 5.72 Å². The largest absolute Gasteiger partial charge is 0.362 e. The molecule has 1 aromatic carbocycles. The number of hydrogen-bond donors (Lipinski definition) is 2. The molecule has 0 spiro atoms. The summed E-state index contributed by atoms with van der Waals surface area (Å²) >= 11 is 12.7. The Morgan fingerprint density at radius 3 is 2.79 bits per heavy atom. The Kier molecular flexibility index (Phi) is 5.14. The van der Waals surface area contributed by atoms with Crippen LogP contribution >= 0.6 is 23.2 Å². The van der Waals surface area contributed by atoms with Crippen molar-refractivity contribution >= 4 is 28.9 Å². The van der Waals surface area contributed by atoms with Crippen LogP contribution in [0.25, 0.3) is 16.8 Å². The van der Waals surface area contributed by atoms with Crippen molar-refractivity contribution in [2.24, 2.45) is 11.5 Å². The number of benzene rings is 1. The van der Waals surface area contributed by atoms with Gasteiger partial charge >= 0.3 is 0 Å². The van der Waals surface area contributed by atoms with Crippen molar-refractivity contribution in [1.29, 1.82) is 0 Å². The van der Waals surface area contributed by atoms with Gasteiger partial charge in [0.25, 0.3) is 0 Å². The lowest BCUT2D eigenvalue weighted by molar-refractivity contribution is -0.00776. The van der Waals surface area contributed by atoms with Crippen molar-refractivity contribution in [3.8, 4) is 11.1 Å². The standard InChI is InChI=1S/C21H24Cl2N4O/c1-12-16(9-24)19(15-5-4-14(22)8-18(15)23)17-10-27(13(2)20(17)26-12)11-21(25)6-3-7-28-21/h4-5,8H,2-3,6-7,9-11,24-25H2,1H3. The second kappa shape index (κ2) is 7.32. The summed E-state index contributed by atoms with van der Waals surface area (Å²) in [5.41, 5.74) is 18.5. The van der Waals surface area contributed by atoms with E-state index in [0.29, 0.717) is 36.3 Å². The molecule has 0 amide bonds. The summed E-state index contributed by atoms with van der Waals surface area (Å²) in [6.07, 6.45) is 1.81. The highest BCUT2D eigenvalue weighted by Crippen LogP contribution is 2.43. The van der Waals surface area contributed by atoms with Crippen molar-refractivity contribution in [1.82, 2.24) is 9.88 Å². The summed E-state index contributed by atoms with van der Waals surface area (Å²) in [4.78, 5) is 6.96. The molecule has 148 valence electrons. The third-order valence-corrected chi connectivity index (χ3v) is 6.15. The fourth-order valence-corrected chi connectivity index (χ4v) is 4.70. The Morgan fingerprint density at radius 2 is 2.14 bits per heavy atom. The van der Waals surface area contributed by atoms with Gasteiger partial charge in [-0.05, 0) is 43.0 Å². The van der Waals surface area contributed by atoms with Crippen LogP contribution in [-0.4, -0.2) is 28.8 Å². The van der Waals surface area contributed by atoms with Gasteiger partial charge in [0.2, 0.25) is 0 Å². The van der Waals surface area contributed by atoms with Gasteiger partial charge in [0.15, 0.2) is 0 Å². The maximum absolute atomic E-state index is 6.56. The van der Waals surface area contributed by atoms with E-state index in [1.54, 1.807) is 6.07 Å². The molecule has 4 rings (SSSR count). The van der Waals surface area contributed by atoms with Crippen LogP contribution in [0.4, 0.5) is 0 Å². The van der Waals surface area contributed by atoms with Gasteiger partial charge in [-0.25, -0.2) is 0 Å². The van der Waals surface area contributed by atoms with E-state index in [-0.39, 0.29) is 0 Å². The average molecular weight is 419 g/mol. The van der Waals surface area contributed by atoms with Crippen molar-refractivity contribution in [2.75, 3.05) is 13.2 Å². The van der Waals surface area contributed by atoms with Crippen molar-refractivity contribution < 1.29 is 4.74 Å². The molecule has 0 aliphatic carbocycles. The zero-order valence-electron chi connectivity index (χ0n) is 15.9.